The van der Waals surface area contributed by atoms with E-state index < -0.39 is 0 Å². The van der Waals surface area contributed by atoms with E-state index in [2.05, 4.69) is 4.90 Å². The first-order valence-electron chi connectivity index (χ1n) is 11.2. The van der Waals surface area contributed by atoms with Crippen LogP contribution in [0.3, 0.4) is 0 Å². The highest BCUT2D eigenvalue weighted by molar-refractivity contribution is 6.35. The van der Waals surface area contributed by atoms with Crippen LogP contribution in [-0.2, 0) is 16.1 Å². The molecule has 2 saturated heterocycles. The third-order valence-electron chi connectivity index (χ3n) is 6.59. The van der Waals surface area contributed by atoms with Gasteiger partial charge in [0.15, 0.2) is 0 Å². The molecule has 0 saturated carbocycles. The molecule has 2 aromatic carbocycles. The third-order valence-corrected chi connectivity index (χ3v) is 7.30. The first-order valence-corrected chi connectivity index (χ1v) is 12.0. The van der Waals surface area contributed by atoms with Gasteiger partial charge >= 0.3 is 0 Å². The summed E-state index contributed by atoms with van der Waals surface area (Å²) in [7, 11) is 0. The minimum absolute atomic E-state index is 0.0480. The maximum absolute atomic E-state index is 13.8. The lowest BCUT2D eigenvalue weighted by atomic mass is 9.85. The van der Waals surface area contributed by atoms with Crippen LogP contribution in [0, 0.1) is 12.7 Å². The molecule has 0 aliphatic carbocycles. The van der Waals surface area contributed by atoms with Crippen LogP contribution >= 0.6 is 23.2 Å². The lowest BCUT2D eigenvalue weighted by Crippen LogP contribution is -2.48. The summed E-state index contributed by atoms with van der Waals surface area (Å²) in [5.41, 5.74) is 2.64. The van der Waals surface area contributed by atoms with Crippen molar-refractivity contribution in [3.63, 3.8) is 0 Å². The summed E-state index contributed by atoms with van der Waals surface area (Å²) in [6, 6.07) is 10.3. The molecule has 32 heavy (non-hydrogen) atoms. The van der Waals surface area contributed by atoms with Gasteiger partial charge in [-0.3, -0.25) is 9.69 Å². The standard InChI is InChI=1S/C25H29Cl2FN2O2/c1-17-13-18(28)7-8-19(17)20-14-30(25(31)15-29-10-2-3-11-29)12-9-24(20)32-16-21-22(26)5-4-6-23(21)27/h4-8,13,20,24H,2-3,9-12,14-16H2,1H3. The van der Waals surface area contributed by atoms with E-state index in [1.807, 2.05) is 24.0 Å². The quantitative estimate of drug-likeness (QED) is 0.554. The second kappa shape index (κ2) is 10.5. The molecular weight excluding hydrogens is 450 g/mol. The van der Waals surface area contributed by atoms with Gasteiger partial charge in [0.1, 0.15) is 5.82 Å². The second-order valence-corrected chi connectivity index (χ2v) is 9.58. The van der Waals surface area contributed by atoms with Gasteiger partial charge in [0.2, 0.25) is 5.91 Å². The molecule has 7 heteroatoms. The molecule has 2 heterocycles. The van der Waals surface area contributed by atoms with Gasteiger partial charge in [0, 0.05) is 34.6 Å². The van der Waals surface area contributed by atoms with Gasteiger partial charge in [0.05, 0.1) is 19.3 Å². The van der Waals surface area contributed by atoms with Gasteiger partial charge in [-0.05, 0) is 74.7 Å². The molecule has 2 unspecified atom stereocenters. The lowest BCUT2D eigenvalue weighted by molar-refractivity contribution is -0.135. The Morgan fingerprint density at radius 3 is 2.53 bits per heavy atom. The molecule has 2 fully saturated rings. The molecule has 2 aliphatic rings. The topological polar surface area (TPSA) is 32.8 Å². The van der Waals surface area contributed by atoms with Gasteiger partial charge in [0.25, 0.3) is 0 Å². The number of nitrogens with zero attached hydrogens (tertiary/aromatic N) is 2. The maximum Gasteiger partial charge on any atom is 0.236 e. The summed E-state index contributed by atoms with van der Waals surface area (Å²) >= 11 is 12.7. The number of piperidine rings is 1. The fourth-order valence-electron chi connectivity index (χ4n) is 4.80. The highest BCUT2D eigenvalue weighted by Gasteiger charge is 2.35. The number of ether oxygens (including phenoxy) is 1. The highest BCUT2D eigenvalue weighted by Crippen LogP contribution is 2.34. The molecule has 0 aromatic heterocycles. The van der Waals surface area contributed by atoms with Crippen LogP contribution in [0.1, 0.15) is 41.9 Å². The summed E-state index contributed by atoms with van der Waals surface area (Å²) in [5, 5.41) is 1.15. The Bertz CT molecular complexity index is 945. The van der Waals surface area contributed by atoms with Crippen molar-refractivity contribution in [2.75, 3.05) is 32.7 Å². The minimum Gasteiger partial charge on any atom is -0.373 e. The fraction of sp³-hybridized carbons (Fsp3) is 0.480. The van der Waals surface area contributed by atoms with Crippen molar-refractivity contribution in [1.82, 2.24) is 9.80 Å². The Morgan fingerprint density at radius 1 is 1.12 bits per heavy atom. The molecule has 4 rings (SSSR count). The SMILES string of the molecule is Cc1cc(F)ccc1C1CN(C(=O)CN2CCCC2)CCC1OCc1c(Cl)cccc1Cl. The average Bonchev–Trinajstić information content (AvgIpc) is 3.26. The van der Waals surface area contributed by atoms with Gasteiger partial charge in [-0.25, -0.2) is 4.39 Å². The molecule has 172 valence electrons. The monoisotopic (exact) mass is 478 g/mol. The Balaban J connectivity index is 1.52. The molecule has 2 aromatic rings. The Morgan fingerprint density at radius 2 is 1.84 bits per heavy atom. The number of carbonyl (C=O) groups is 1. The molecule has 4 nitrogen and oxygen atoms in total. The van der Waals surface area contributed by atoms with Crippen LogP contribution in [0.4, 0.5) is 4.39 Å². The van der Waals surface area contributed by atoms with E-state index in [9.17, 15) is 9.18 Å². The van der Waals surface area contributed by atoms with Crippen LogP contribution < -0.4 is 0 Å². The number of amides is 1. The summed E-state index contributed by atoms with van der Waals surface area (Å²) < 4.78 is 20.1. The number of likely N-dealkylation sites (tertiary alicyclic amines) is 2. The Kier molecular flexibility index (Phi) is 7.72. The van der Waals surface area contributed by atoms with Crippen molar-refractivity contribution in [3.05, 3.63) is 69.0 Å². The maximum atomic E-state index is 13.8. The van der Waals surface area contributed by atoms with Crippen LogP contribution in [0.25, 0.3) is 0 Å². The van der Waals surface area contributed by atoms with Crippen molar-refractivity contribution in [2.24, 2.45) is 0 Å². The zero-order chi connectivity index (χ0) is 22.7. The van der Waals surface area contributed by atoms with E-state index in [4.69, 9.17) is 27.9 Å². The molecule has 2 aliphatic heterocycles. The average molecular weight is 479 g/mol. The van der Waals surface area contributed by atoms with Crippen molar-refractivity contribution >= 4 is 29.1 Å². The van der Waals surface area contributed by atoms with Gasteiger partial charge in [-0.15, -0.1) is 0 Å². The zero-order valence-electron chi connectivity index (χ0n) is 18.3. The molecular formula is C25H29Cl2FN2O2. The van der Waals surface area contributed by atoms with E-state index in [1.165, 1.54) is 6.07 Å². The van der Waals surface area contributed by atoms with E-state index >= 15 is 0 Å². The largest absolute Gasteiger partial charge is 0.373 e. The summed E-state index contributed by atoms with van der Waals surface area (Å²) in [5.74, 6) is -0.151. The number of aryl methyl sites for hydroxylation is 1. The molecule has 0 N–H and O–H groups in total. The van der Waals surface area contributed by atoms with E-state index in [0.29, 0.717) is 42.7 Å². The Labute approximate surface area is 199 Å². The van der Waals surface area contributed by atoms with Crippen LogP contribution in [0.5, 0.6) is 0 Å². The molecule has 1 amide bonds. The van der Waals surface area contributed by atoms with Crippen molar-refractivity contribution < 1.29 is 13.9 Å². The first kappa shape index (κ1) is 23.5. The lowest BCUT2D eigenvalue weighted by Gasteiger charge is -2.40. The van der Waals surface area contributed by atoms with Gasteiger partial charge < -0.3 is 9.64 Å². The molecule has 0 radical (unpaired) electrons. The molecule has 0 bridgehead atoms. The van der Waals surface area contributed by atoms with Crippen LogP contribution in [0.2, 0.25) is 10.0 Å². The zero-order valence-corrected chi connectivity index (χ0v) is 19.8. The van der Waals surface area contributed by atoms with E-state index in [1.54, 1.807) is 18.2 Å². The highest BCUT2D eigenvalue weighted by atomic mass is 35.5. The number of hydrogen-bond acceptors (Lipinski definition) is 3. The summed E-state index contributed by atoms with van der Waals surface area (Å²) in [4.78, 5) is 17.2. The van der Waals surface area contributed by atoms with Crippen molar-refractivity contribution in [3.8, 4) is 0 Å². The predicted octanol–water partition coefficient (Wildman–Crippen LogP) is 5.44. The number of halogens is 3. The molecule has 2 atom stereocenters. The smallest absolute Gasteiger partial charge is 0.236 e. The predicted molar refractivity (Wildman–Crippen MR) is 126 cm³/mol. The third kappa shape index (κ3) is 5.45. The van der Waals surface area contributed by atoms with E-state index in [-0.39, 0.29) is 23.7 Å². The van der Waals surface area contributed by atoms with Crippen LogP contribution in [0.15, 0.2) is 36.4 Å². The van der Waals surface area contributed by atoms with Crippen LogP contribution in [-0.4, -0.2) is 54.5 Å². The number of hydrogen-bond donors (Lipinski definition) is 0. The normalized spacial score (nSPS) is 21.8. The number of carbonyl (C=O) groups excluding carboxylic acids is 1. The van der Waals surface area contributed by atoms with Gasteiger partial charge in [-0.1, -0.05) is 35.3 Å². The van der Waals surface area contributed by atoms with Crippen molar-refractivity contribution in [1.29, 1.82) is 0 Å². The Hall–Kier alpha value is -1.66. The fourth-order valence-corrected chi connectivity index (χ4v) is 5.31. The number of benzene rings is 2. The van der Waals surface area contributed by atoms with E-state index in [0.717, 1.165) is 42.6 Å². The second-order valence-electron chi connectivity index (χ2n) is 8.77. The first-order chi connectivity index (χ1) is 15.4. The molecule has 0 spiro atoms. The van der Waals surface area contributed by atoms with Gasteiger partial charge in [-0.2, -0.15) is 0 Å². The van der Waals surface area contributed by atoms with Crippen molar-refractivity contribution in [2.45, 2.75) is 44.8 Å². The summed E-state index contributed by atoms with van der Waals surface area (Å²) in [6.45, 7) is 5.85. The number of rotatable bonds is 6. The minimum atomic E-state index is -0.260. The summed E-state index contributed by atoms with van der Waals surface area (Å²) in [6.07, 6.45) is 2.90.